The Morgan fingerprint density at radius 2 is 1.89 bits per heavy atom. The topological polar surface area (TPSA) is 41.6 Å². The highest BCUT2D eigenvalue weighted by Gasteiger charge is 2.10. The Morgan fingerprint density at radius 3 is 2.47 bits per heavy atom. The molecule has 1 amide bonds. The first-order valence-corrected chi connectivity index (χ1v) is 6.56. The molecule has 1 saturated heterocycles. The van der Waals surface area contributed by atoms with E-state index in [2.05, 4.69) is 10.2 Å². The highest BCUT2D eigenvalue weighted by molar-refractivity contribution is 6.29. The molecule has 0 radical (unpaired) electrons. The maximum atomic E-state index is 11.1. The van der Waals surface area contributed by atoms with E-state index in [0.717, 1.165) is 38.5 Å². The Morgan fingerprint density at radius 1 is 1.26 bits per heavy atom. The van der Waals surface area contributed by atoms with Crippen LogP contribution in [0.15, 0.2) is 24.3 Å². The monoisotopic (exact) mass is 304 g/mol. The van der Waals surface area contributed by atoms with Crippen molar-refractivity contribution in [3.63, 3.8) is 0 Å². The van der Waals surface area contributed by atoms with Crippen LogP contribution in [0.1, 0.15) is 5.56 Å². The number of carbonyl (C=O) groups excluding carboxylic acids is 1. The van der Waals surface area contributed by atoms with Gasteiger partial charge in [-0.2, -0.15) is 0 Å². The molecule has 0 aliphatic carbocycles. The van der Waals surface area contributed by atoms with Gasteiger partial charge in [0.1, 0.15) is 5.88 Å². The molecular formula is C13H18Cl2N2O2. The molecule has 0 spiro atoms. The number of nitrogens with one attached hydrogen (secondary N) is 1. The van der Waals surface area contributed by atoms with Crippen LogP contribution in [-0.2, 0) is 16.1 Å². The molecule has 0 aromatic heterocycles. The maximum absolute atomic E-state index is 11.1. The maximum Gasteiger partial charge on any atom is 0.239 e. The standard InChI is InChI=1S/C13H17ClN2O2.ClH/c14-9-13(17)15-12-3-1-11(2-4-12)10-16-5-7-18-8-6-16;/h1-4H,5-10H2,(H,15,17);1H. The molecule has 1 aromatic rings. The zero-order valence-electron chi connectivity index (χ0n) is 10.6. The minimum absolute atomic E-state index is 0. The van der Waals surface area contributed by atoms with Gasteiger partial charge in [-0.3, -0.25) is 9.69 Å². The van der Waals surface area contributed by atoms with Crippen LogP contribution in [0.5, 0.6) is 0 Å². The summed E-state index contributed by atoms with van der Waals surface area (Å²) < 4.78 is 5.31. The number of anilines is 1. The third kappa shape index (κ3) is 5.37. The van der Waals surface area contributed by atoms with Gasteiger partial charge in [0.05, 0.1) is 13.2 Å². The van der Waals surface area contributed by atoms with Gasteiger partial charge in [0.25, 0.3) is 0 Å². The van der Waals surface area contributed by atoms with Crippen molar-refractivity contribution >= 4 is 35.6 Å². The molecule has 0 atom stereocenters. The van der Waals surface area contributed by atoms with Crippen LogP contribution in [0.2, 0.25) is 0 Å². The zero-order valence-corrected chi connectivity index (χ0v) is 12.2. The molecule has 1 N–H and O–H groups in total. The number of halogens is 2. The minimum atomic E-state index is -0.183. The van der Waals surface area contributed by atoms with Crippen molar-refractivity contribution < 1.29 is 9.53 Å². The van der Waals surface area contributed by atoms with E-state index in [1.807, 2.05) is 24.3 Å². The number of hydrogen-bond acceptors (Lipinski definition) is 3. The first-order chi connectivity index (χ1) is 8.78. The van der Waals surface area contributed by atoms with E-state index in [0.29, 0.717) is 0 Å². The summed E-state index contributed by atoms with van der Waals surface area (Å²) >= 11 is 5.43. The summed E-state index contributed by atoms with van der Waals surface area (Å²) in [6, 6.07) is 7.86. The fourth-order valence-corrected chi connectivity index (χ4v) is 1.97. The number of benzene rings is 1. The van der Waals surface area contributed by atoms with Crippen LogP contribution in [-0.4, -0.2) is 43.0 Å². The lowest BCUT2D eigenvalue weighted by Gasteiger charge is -2.26. The normalized spacial score (nSPS) is 15.6. The summed E-state index contributed by atoms with van der Waals surface area (Å²) in [6.45, 7) is 4.50. The van der Waals surface area contributed by atoms with Crippen molar-refractivity contribution in [2.45, 2.75) is 6.54 Å². The molecule has 1 aromatic carbocycles. The molecule has 2 rings (SSSR count). The van der Waals surface area contributed by atoms with Crippen molar-refractivity contribution in [3.8, 4) is 0 Å². The molecule has 19 heavy (non-hydrogen) atoms. The highest BCUT2D eigenvalue weighted by Crippen LogP contribution is 2.12. The molecule has 106 valence electrons. The predicted octanol–water partition coefficient (Wildman–Crippen LogP) is 2.12. The van der Waals surface area contributed by atoms with Crippen LogP contribution in [0.4, 0.5) is 5.69 Å². The fraction of sp³-hybridized carbons (Fsp3) is 0.462. The fourth-order valence-electron chi connectivity index (χ4n) is 1.91. The summed E-state index contributed by atoms with van der Waals surface area (Å²) in [7, 11) is 0. The van der Waals surface area contributed by atoms with Gasteiger partial charge in [-0.1, -0.05) is 12.1 Å². The molecule has 1 aliphatic heterocycles. The summed E-state index contributed by atoms with van der Waals surface area (Å²) in [5, 5.41) is 2.72. The lowest BCUT2D eigenvalue weighted by atomic mass is 10.2. The van der Waals surface area contributed by atoms with E-state index >= 15 is 0 Å². The van der Waals surface area contributed by atoms with Gasteiger partial charge < -0.3 is 10.1 Å². The number of morpholine rings is 1. The average Bonchev–Trinajstić information content (AvgIpc) is 2.42. The molecule has 6 heteroatoms. The van der Waals surface area contributed by atoms with E-state index in [4.69, 9.17) is 16.3 Å². The molecule has 1 aliphatic rings. The van der Waals surface area contributed by atoms with Crippen molar-refractivity contribution in [1.29, 1.82) is 0 Å². The second kappa shape index (κ2) is 8.38. The Balaban J connectivity index is 0.00000180. The van der Waals surface area contributed by atoms with E-state index < -0.39 is 0 Å². The quantitative estimate of drug-likeness (QED) is 0.866. The van der Waals surface area contributed by atoms with Gasteiger partial charge in [-0.25, -0.2) is 0 Å². The van der Waals surface area contributed by atoms with Crippen LogP contribution in [0, 0.1) is 0 Å². The third-order valence-corrected chi connectivity index (χ3v) is 3.11. The van der Waals surface area contributed by atoms with Crippen molar-refractivity contribution in [1.82, 2.24) is 4.90 Å². The second-order valence-electron chi connectivity index (χ2n) is 4.27. The van der Waals surface area contributed by atoms with Crippen LogP contribution in [0.3, 0.4) is 0 Å². The Labute approximate surface area is 124 Å². The molecule has 0 bridgehead atoms. The third-order valence-electron chi connectivity index (χ3n) is 2.87. The van der Waals surface area contributed by atoms with Gasteiger partial charge in [-0.05, 0) is 17.7 Å². The first-order valence-electron chi connectivity index (χ1n) is 6.03. The number of amides is 1. The largest absolute Gasteiger partial charge is 0.379 e. The van der Waals surface area contributed by atoms with Gasteiger partial charge >= 0.3 is 0 Å². The summed E-state index contributed by atoms with van der Waals surface area (Å²) in [6.07, 6.45) is 0. The summed E-state index contributed by atoms with van der Waals surface area (Å²) in [4.78, 5) is 13.5. The number of ether oxygens (including phenoxy) is 1. The van der Waals surface area contributed by atoms with Crippen LogP contribution < -0.4 is 5.32 Å². The highest BCUT2D eigenvalue weighted by atomic mass is 35.5. The van der Waals surface area contributed by atoms with E-state index in [1.165, 1.54) is 5.56 Å². The van der Waals surface area contributed by atoms with Gasteiger partial charge in [0.2, 0.25) is 5.91 Å². The van der Waals surface area contributed by atoms with E-state index in [-0.39, 0.29) is 24.2 Å². The number of hydrogen-bond donors (Lipinski definition) is 1. The molecule has 1 fully saturated rings. The van der Waals surface area contributed by atoms with E-state index in [1.54, 1.807) is 0 Å². The Kier molecular flexibility index (Phi) is 7.16. The molecule has 0 saturated carbocycles. The molecule has 0 unspecified atom stereocenters. The lowest BCUT2D eigenvalue weighted by Crippen LogP contribution is -2.35. The molecule has 1 heterocycles. The number of carbonyl (C=O) groups is 1. The number of nitrogens with zero attached hydrogens (tertiary/aromatic N) is 1. The van der Waals surface area contributed by atoms with Gasteiger partial charge in [0.15, 0.2) is 0 Å². The first kappa shape index (κ1) is 16.2. The predicted molar refractivity (Wildman–Crippen MR) is 79.1 cm³/mol. The number of rotatable bonds is 4. The zero-order chi connectivity index (χ0) is 12.8. The van der Waals surface area contributed by atoms with Crippen molar-refractivity contribution in [3.05, 3.63) is 29.8 Å². The van der Waals surface area contributed by atoms with E-state index in [9.17, 15) is 4.79 Å². The molecular weight excluding hydrogens is 287 g/mol. The smallest absolute Gasteiger partial charge is 0.239 e. The Bertz CT molecular complexity index is 392. The minimum Gasteiger partial charge on any atom is -0.379 e. The Hall–Kier alpha value is -0.810. The van der Waals surface area contributed by atoms with Crippen LogP contribution in [0.25, 0.3) is 0 Å². The second-order valence-corrected chi connectivity index (χ2v) is 4.53. The van der Waals surface area contributed by atoms with Crippen LogP contribution >= 0.6 is 24.0 Å². The van der Waals surface area contributed by atoms with Gasteiger partial charge in [0, 0.05) is 25.3 Å². The van der Waals surface area contributed by atoms with Gasteiger partial charge in [-0.15, -0.1) is 24.0 Å². The van der Waals surface area contributed by atoms with Crippen molar-refractivity contribution in [2.24, 2.45) is 0 Å². The SMILES string of the molecule is Cl.O=C(CCl)Nc1ccc(CN2CCOCC2)cc1. The lowest BCUT2D eigenvalue weighted by molar-refractivity contribution is -0.113. The summed E-state index contributed by atoms with van der Waals surface area (Å²) in [5.41, 5.74) is 2.02. The molecule has 4 nitrogen and oxygen atoms in total. The van der Waals surface area contributed by atoms with Crippen molar-refractivity contribution in [2.75, 3.05) is 37.5 Å². The number of alkyl halides is 1. The average molecular weight is 305 g/mol. The summed E-state index contributed by atoms with van der Waals surface area (Å²) in [5.74, 6) is -0.201.